The third-order valence-corrected chi connectivity index (χ3v) is 23.9. The van der Waals surface area contributed by atoms with Crippen molar-refractivity contribution in [2.45, 2.75) is 236 Å². The lowest BCUT2D eigenvalue weighted by molar-refractivity contribution is 0.567. The summed E-state index contributed by atoms with van der Waals surface area (Å²) in [5.41, 5.74) is 21.7. The number of nitrogens with zero attached hydrogens (tertiary/aromatic N) is 3. The zero-order valence-electron chi connectivity index (χ0n) is 97.2. The molecule has 3 heteroatoms. The molecule has 0 aliphatic carbocycles. The Balaban J connectivity index is 0.000000163. The number of fused-ring (bicyclic) bond motifs is 9. The van der Waals surface area contributed by atoms with Crippen LogP contribution in [0.2, 0.25) is 0 Å². The summed E-state index contributed by atoms with van der Waals surface area (Å²) in [6, 6.07) is 55.9. The van der Waals surface area contributed by atoms with Crippen molar-refractivity contribution in [2.75, 3.05) is 0 Å². The minimum atomic E-state index is -0.673. The van der Waals surface area contributed by atoms with Gasteiger partial charge in [0.1, 0.15) is 0 Å². The average molecular weight is 1640 g/mol. The van der Waals surface area contributed by atoms with Crippen molar-refractivity contribution < 1.29 is 27.4 Å². The number of aromatic nitrogens is 3. The molecule has 0 saturated heterocycles. The van der Waals surface area contributed by atoms with Crippen LogP contribution < -0.4 is 0 Å². The summed E-state index contributed by atoms with van der Waals surface area (Å²) in [6.45, 7) is 59.2. The Hall–Kier alpha value is -11.5. The van der Waals surface area contributed by atoms with Gasteiger partial charge in [0, 0.05) is 49.4 Å². The minimum Gasteiger partial charge on any atom is -0.309 e. The normalized spacial score (nSPS) is 15.1. The Morgan fingerprint density at radius 3 is 0.699 bits per heavy atom. The first kappa shape index (κ1) is 64.3. The highest BCUT2D eigenvalue weighted by Crippen LogP contribution is 2.52. The molecule has 0 aliphatic heterocycles. The number of hydrogen-bond acceptors (Lipinski definition) is 0. The predicted octanol–water partition coefficient (Wildman–Crippen LogP) is 34.4. The zero-order valence-corrected chi connectivity index (χ0v) is 77.2. The molecule has 0 atom stereocenters. The highest BCUT2D eigenvalue weighted by molar-refractivity contribution is 6.21. The van der Waals surface area contributed by atoms with Crippen molar-refractivity contribution in [3.05, 3.63) is 353 Å². The van der Waals surface area contributed by atoms with E-state index >= 15 is 0 Å². The Bertz CT molecular complexity index is 7890. The van der Waals surface area contributed by atoms with E-state index in [1.807, 2.05) is 75.4 Å². The highest BCUT2D eigenvalue weighted by atomic mass is 15.0. The van der Waals surface area contributed by atoms with Crippen molar-refractivity contribution in [1.29, 1.82) is 0 Å². The highest BCUT2D eigenvalue weighted by Gasteiger charge is 2.34. The van der Waals surface area contributed by atoms with Gasteiger partial charge in [0.2, 0.25) is 0 Å². The van der Waals surface area contributed by atoms with Gasteiger partial charge in [-0.15, -0.1) is 0 Å². The van der Waals surface area contributed by atoms with Crippen molar-refractivity contribution in [2.24, 2.45) is 0 Å². The minimum absolute atomic E-state index is 0.0625. The van der Waals surface area contributed by atoms with Gasteiger partial charge in [0.25, 0.3) is 0 Å². The Labute approximate surface area is 764 Å². The molecule has 0 unspecified atom stereocenters. The third kappa shape index (κ3) is 17.0. The summed E-state index contributed by atoms with van der Waals surface area (Å²) in [6.07, 6.45) is 0. The largest absolute Gasteiger partial charge is 0.309 e. The maximum Gasteiger partial charge on any atom is 0.0629 e. The van der Waals surface area contributed by atoms with Crippen LogP contribution in [-0.4, -0.2) is 13.7 Å². The van der Waals surface area contributed by atoms with E-state index in [2.05, 4.69) is 301 Å². The van der Waals surface area contributed by atoms with Crippen LogP contribution in [0.4, 0.5) is 0 Å². The molecule has 17 rings (SSSR count). The summed E-state index contributed by atoms with van der Waals surface area (Å²) < 4.78 is 179. The number of benzene rings is 14. The summed E-state index contributed by atoms with van der Waals surface area (Å²) in [7, 11) is 0. The number of rotatable bonds is 8. The molecule has 0 bridgehead atoms. The second-order valence-corrected chi connectivity index (χ2v) is 42.5. The molecule has 0 saturated carbocycles. The monoisotopic (exact) mass is 1630 g/mol. The van der Waals surface area contributed by atoms with Gasteiger partial charge in [-0.2, -0.15) is 0 Å². The van der Waals surface area contributed by atoms with Crippen LogP contribution in [0.1, 0.15) is 264 Å². The van der Waals surface area contributed by atoms with Gasteiger partial charge in [-0.25, -0.2) is 0 Å². The van der Waals surface area contributed by atoms with Gasteiger partial charge in [-0.3, -0.25) is 0 Å². The molecule has 3 heterocycles. The second kappa shape index (κ2) is 32.0. The zero-order chi connectivity index (χ0) is 106. The molecule has 14 aromatic carbocycles. The third-order valence-electron chi connectivity index (χ3n) is 23.9. The van der Waals surface area contributed by atoms with Crippen LogP contribution in [0.25, 0.3) is 138 Å². The lowest BCUT2D eigenvalue weighted by Gasteiger charge is -2.27. The van der Waals surface area contributed by atoms with Gasteiger partial charge in [0.15, 0.2) is 0 Å². The first-order chi connectivity index (χ1) is 66.0. The molecule has 0 aliphatic rings. The number of hydrogen-bond donors (Lipinski definition) is 0. The molecule has 17 aromatic rings. The van der Waals surface area contributed by atoms with Crippen LogP contribution in [-0.2, 0) is 48.7 Å². The molecule has 0 radical (unpaired) electrons. The maximum atomic E-state index is 9.01. The summed E-state index contributed by atoms with van der Waals surface area (Å²) in [5, 5.41) is 5.19. The fourth-order valence-corrected chi connectivity index (χ4v) is 17.5. The van der Waals surface area contributed by atoms with E-state index in [-0.39, 0.29) is 150 Å². The standard InChI is InChI=1S/2C42H45N.C36H41N/c2*1-40(2,3)30-25-31(41(4,5)6)27-32(26-30)43-35-22-16-21-33(28-17-12-10-13-18-28)37(35)38-36(43)24-23-34(39(38)42(7,8)9)29-19-14-11-15-20-29;1-34(2,3)25-21-26(35(4,5)6)23-27(22-25)37-30-19-13-17-28(24-15-11-10-12-16-24)32(30)33-29(36(7,8)9)18-14-20-31(33)37/h2*10-27H,1-9H3;10-23H,1-9H3/i10D,11D,12D,13D,14D,15D,17D,18D,19D,20D;10D,12D,13D,17D,18D;10D,11D,12D,15D,16D. The van der Waals surface area contributed by atoms with E-state index in [9.17, 15) is 0 Å². The van der Waals surface area contributed by atoms with E-state index in [1.165, 1.54) is 22.3 Å². The first-order valence-electron chi connectivity index (χ1n) is 53.2. The Morgan fingerprint density at radius 2 is 0.431 bits per heavy atom. The molecule has 3 aromatic heterocycles. The molecule has 3 nitrogen and oxygen atoms in total. The van der Waals surface area contributed by atoms with Gasteiger partial charge < -0.3 is 13.7 Å². The SMILES string of the molecule is [2H]c1c([2H])c([2H])c(-c2ccc3c(c2C(C)(C)C)c2c(-c4c([2H])c([2H])c([2H])c([2H])c4[2H])cccc2n3-c2cc(C(C)(C)C)cc(C(C)(C)C)c2)c([2H])c1[2H].[2H]c1c([2H])c([2H])c(-c2cccc3c2c2c(C(C)(C)C)c(-c4ccccc4)ccc2n3-c2cc(C(C)(C)C)cc(C(C)(C)C)c2)c([2H])c1[2H].[2H]c1c([2H])c([2H])c(-c2cccc3c2c2c(C(C)(C)C)cccc2n3-c2cc(C(C)(C)C)cc(C(C)(C)C)c2)c([2H])c1[2H]. The van der Waals surface area contributed by atoms with Gasteiger partial charge in [-0.05, 0) is 227 Å². The van der Waals surface area contributed by atoms with Crippen molar-refractivity contribution in [3.63, 3.8) is 0 Å². The van der Waals surface area contributed by atoms with Gasteiger partial charge in [0.05, 0.1) is 60.5 Å². The fourth-order valence-electron chi connectivity index (χ4n) is 17.5. The lowest BCUT2D eigenvalue weighted by atomic mass is 9.78. The Kier molecular flexibility index (Phi) is 16.7. The first-order valence-corrected chi connectivity index (χ1v) is 43.2. The van der Waals surface area contributed by atoms with E-state index < -0.39 is 41.7 Å². The van der Waals surface area contributed by atoms with E-state index in [0.29, 0.717) is 38.6 Å². The van der Waals surface area contributed by atoms with Crippen molar-refractivity contribution >= 4 is 65.4 Å². The second-order valence-electron chi connectivity index (χ2n) is 42.5. The van der Waals surface area contributed by atoms with E-state index in [4.69, 9.17) is 27.4 Å². The maximum absolute atomic E-state index is 9.01. The molecular weight excluding hydrogens is 1480 g/mol. The molecule has 0 fully saturated rings. The molecular formula is C120H131N3. The van der Waals surface area contributed by atoms with Crippen LogP contribution in [0.15, 0.2) is 303 Å². The van der Waals surface area contributed by atoms with Crippen LogP contribution in [0, 0.1) is 0 Å². The topological polar surface area (TPSA) is 14.8 Å². The Morgan fingerprint density at radius 1 is 0.187 bits per heavy atom. The smallest absolute Gasteiger partial charge is 0.0629 e. The quantitative estimate of drug-likeness (QED) is 0.144. The molecule has 123 heavy (non-hydrogen) atoms. The van der Waals surface area contributed by atoms with Gasteiger partial charge in [-0.1, -0.05) is 417 Å². The summed E-state index contributed by atoms with van der Waals surface area (Å²) >= 11 is 0. The predicted molar refractivity (Wildman–Crippen MR) is 538 cm³/mol. The fraction of sp³-hybridized carbons (Fsp3) is 0.300. The summed E-state index contributed by atoms with van der Waals surface area (Å²) in [4.78, 5) is 0. The van der Waals surface area contributed by atoms with Crippen molar-refractivity contribution in [1.82, 2.24) is 13.7 Å². The molecule has 626 valence electrons. The van der Waals surface area contributed by atoms with Crippen LogP contribution >= 0.6 is 0 Å². The van der Waals surface area contributed by atoms with Gasteiger partial charge >= 0.3 is 0 Å². The molecule has 0 amide bonds. The van der Waals surface area contributed by atoms with E-state index in [0.717, 1.165) is 105 Å². The van der Waals surface area contributed by atoms with Crippen molar-refractivity contribution in [3.8, 4) is 72.7 Å². The average Bonchev–Trinajstić information content (AvgIpc) is 1.55. The summed E-state index contributed by atoms with van der Waals surface area (Å²) in [5.74, 6) is 0. The van der Waals surface area contributed by atoms with E-state index in [1.54, 1.807) is 6.07 Å². The van der Waals surface area contributed by atoms with Crippen LogP contribution in [0.3, 0.4) is 0 Å². The van der Waals surface area contributed by atoms with Crippen LogP contribution in [0.5, 0.6) is 0 Å². The molecule has 0 spiro atoms. The molecule has 0 N–H and O–H groups in total. The lowest BCUT2D eigenvalue weighted by Crippen LogP contribution is -2.17.